The molecule has 0 radical (unpaired) electrons. The molecule has 1 N–H and O–H groups in total. The van der Waals surface area contributed by atoms with Crippen molar-refractivity contribution >= 4 is 0 Å². The second-order valence-electron chi connectivity index (χ2n) is 4.71. The summed E-state index contributed by atoms with van der Waals surface area (Å²) in [5, 5.41) is 3.32. The normalized spacial score (nSPS) is 15.1. The third-order valence-electron chi connectivity index (χ3n) is 3.11. The minimum Gasteiger partial charge on any atom is -0.377 e. The van der Waals surface area contributed by atoms with Crippen LogP contribution in [0.3, 0.4) is 0 Å². The largest absolute Gasteiger partial charge is 0.416 e. The van der Waals surface area contributed by atoms with E-state index in [4.69, 9.17) is 4.74 Å². The maximum Gasteiger partial charge on any atom is 0.416 e. The fourth-order valence-corrected chi connectivity index (χ4v) is 2.09. The van der Waals surface area contributed by atoms with E-state index in [1.165, 1.54) is 12.1 Å². The van der Waals surface area contributed by atoms with Gasteiger partial charge in [-0.2, -0.15) is 13.2 Å². The predicted octanol–water partition coefficient (Wildman–Crippen LogP) is 4.17. The summed E-state index contributed by atoms with van der Waals surface area (Å²) in [6.45, 7) is 7.24. The Hall–Kier alpha value is -1.07. The van der Waals surface area contributed by atoms with Crippen LogP contribution in [0.2, 0.25) is 0 Å². The molecule has 0 spiro atoms. The van der Waals surface area contributed by atoms with E-state index in [2.05, 4.69) is 5.32 Å². The van der Waals surface area contributed by atoms with Crippen LogP contribution in [-0.4, -0.2) is 19.3 Å². The molecule has 2 nitrogen and oxygen atoms in total. The average Bonchev–Trinajstić information content (AvgIpc) is 2.39. The van der Waals surface area contributed by atoms with Crippen LogP contribution in [0.4, 0.5) is 13.2 Å². The molecule has 2 unspecified atom stereocenters. The number of rotatable bonds is 7. The number of hydrogen-bond donors (Lipinski definition) is 1. The zero-order valence-electron chi connectivity index (χ0n) is 12.1. The minimum absolute atomic E-state index is 0.0942. The first-order valence-electron chi connectivity index (χ1n) is 6.92. The van der Waals surface area contributed by atoms with Gasteiger partial charge in [-0.25, -0.2) is 0 Å². The number of halogens is 3. The van der Waals surface area contributed by atoms with Crippen molar-refractivity contribution < 1.29 is 17.9 Å². The molecule has 1 rings (SSSR count). The molecule has 0 amide bonds. The van der Waals surface area contributed by atoms with Crippen LogP contribution in [0, 0.1) is 0 Å². The van der Waals surface area contributed by atoms with Crippen molar-refractivity contribution in [3.8, 4) is 0 Å². The van der Waals surface area contributed by atoms with Gasteiger partial charge < -0.3 is 10.1 Å². The van der Waals surface area contributed by atoms with Crippen molar-refractivity contribution in [3.05, 3.63) is 35.4 Å². The highest BCUT2D eigenvalue weighted by Gasteiger charge is 2.30. The Labute approximate surface area is 118 Å². The third-order valence-corrected chi connectivity index (χ3v) is 3.11. The van der Waals surface area contributed by atoms with Gasteiger partial charge in [0.2, 0.25) is 0 Å². The van der Waals surface area contributed by atoms with E-state index in [0.717, 1.165) is 30.7 Å². The summed E-state index contributed by atoms with van der Waals surface area (Å²) in [5.41, 5.74) is 0.187. The van der Waals surface area contributed by atoms with Crippen LogP contribution in [0.25, 0.3) is 0 Å². The van der Waals surface area contributed by atoms with Crippen LogP contribution >= 0.6 is 0 Å². The summed E-state index contributed by atoms with van der Waals surface area (Å²) in [6, 6.07) is 5.18. The molecule has 0 heterocycles. The fourth-order valence-electron chi connectivity index (χ4n) is 2.09. The van der Waals surface area contributed by atoms with Gasteiger partial charge in [-0.3, -0.25) is 0 Å². The van der Waals surface area contributed by atoms with Crippen molar-refractivity contribution in [1.29, 1.82) is 0 Å². The highest BCUT2D eigenvalue weighted by atomic mass is 19.4. The lowest BCUT2D eigenvalue weighted by Crippen LogP contribution is -2.32. The van der Waals surface area contributed by atoms with Gasteiger partial charge in [0.25, 0.3) is 0 Å². The van der Waals surface area contributed by atoms with Crippen molar-refractivity contribution in [2.75, 3.05) is 13.2 Å². The Bertz CT molecular complexity index is 389. The molecule has 0 aromatic heterocycles. The van der Waals surface area contributed by atoms with Gasteiger partial charge in [-0.05, 0) is 44.5 Å². The molecule has 0 saturated carbocycles. The second kappa shape index (κ2) is 7.64. The maximum absolute atomic E-state index is 12.6. The van der Waals surface area contributed by atoms with Crippen molar-refractivity contribution in [1.82, 2.24) is 5.32 Å². The zero-order valence-corrected chi connectivity index (χ0v) is 12.1. The Morgan fingerprint density at radius 3 is 2.20 bits per heavy atom. The standard InChI is InChI=1S/C15H22F3NO/c1-4-10-19-14(11(3)20-5-2)12-6-8-13(9-7-12)15(16,17)18/h6-9,11,14,19H,4-5,10H2,1-3H3. The van der Waals surface area contributed by atoms with E-state index in [-0.39, 0.29) is 12.1 Å². The molecule has 0 aliphatic carbocycles. The molecule has 0 saturated heterocycles. The topological polar surface area (TPSA) is 21.3 Å². The molecule has 20 heavy (non-hydrogen) atoms. The smallest absolute Gasteiger partial charge is 0.377 e. The van der Waals surface area contributed by atoms with E-state index >= 15 is 0 Å². The lowest BCUT2D eigenvalue weighted by Gasteiger charge is -2.26. The van der Waals surface area contributed by atoms with Gasteiger partial charge in [-0.15, -0.1) is 0 Å². The summed E-state index contributed by atoms with van der Waals surface area (Å²) in [4.78, 5) is 0. The van der Waals surface area contributed by atoms with Crippen LogP contribution in [0.1, 0.15) is 44.4 Å². The fraction of sp³-hybridized carbons (Fsp3) is 0.600. The molecular formula is C15H22F3NO. The molecule has 0 fully saturated rings. The summed E-state index contributed by atoms with van der Waals surface area (Å²) < 4.78 is 43.3. The van der Waals surface area contributed by atoms with Crippen molar-refractivity contribution in [2.45, 2.75) is 45.5 Å². The van der Waals surface area contributed by atoms with E-state index in [1.807, 2.05) is 20.8 Å². The zero-order chi connectivity index (χ0) is 15.2. The average molecular weight is 289 g/mol. The SMILES string of the molecule is CCCNC(c1ccc(C(F)(F)F)cc1)C(C)OCC. The Kier molecular flexibility index (Phi) is 6.49. The first-order chi connectivity index (χ1) is 9.40. The summed E-state index contributed by atoms with van der Waals surface area (Å²) >= 11 is 0. The van der Waals surface area contributed by atoms with Crippen LogP contribution in [0.15, 0.2) is 24.3 Å². The maximum atomic E-state index is 12.6. The monoisotopic (exact) mass is 289 g/mol. The number of nitrogens with one attached hydrogen (secondary N) is 1. The van der Waals surface area contributed by atoms with Crippen LogP contribution < -0.4 is 5.32 Å². The summed E-state index contributed by atoms with van der Waals surface area (Å²) in [5.74, 6) is 0. The van der Waals surface area contributed by atoms with Gasteiger partial charge in [-0.1, -0.05) is 19.1 Å². The number of hydrogen-bond acceptors (Lipinski definition) is 2. The van der Waals surface area contributed by atoms with E-state index in [0.29, 0.717) is 6.61 Å². The Morgan fingerprint density at radius 1 is 1.15 bits per heavy atom. The number of ether oxygens (including phenoxy) is 1. The quantitative estimate of drug-likeness (QED) is 0.813. The van der Waals surface area contributed by atoms with Crippen LogP contribution in [-0.2, 0) is 10.9 Å². The lowest BCUT2D eigenvalue weighted by molar-refractivity contribution is -0.137. The lowest BCUT2D eigenvalue weighted by atomic mass is 10.0. The van der Waals surface area contributed by atoms with Gasteiger partial charge in [0.1, 0.15) is 0 Å². The van der Waals surface area contributed by atoms with E-state index < -0.39 is 11.7 Å². The van der Waals surface area contributed by atoms with Crippen molar-refractivity contribution in [3.63, 3.8) is 0 Å². The molecular weight excluding hydrogens is 267 g/mol. The molecule has 5 heteroatoms. The van der Waals surface area contributed by atoms with Gasteiger partial charge in [0.05, 0.1) is 17.7 Å². The third kappa shape index (κ3) is 4.80. The predicted molar refractivity (Wildman–Crippen MR) is 73.6 cm³/mol. The molecule has 0 aliphatic rings. The molecule has 0 aliphatic heterocycles. The van der Waals surface area contributed by atoms with Gasteiger partial charge in [0, 0.05) is 6.61 Å². The molecule has 114 valence electrons. The first-order valence-corrected chi connectivity index (χ1v) is 6.92. The Balaban J connectivity index is 2.90. The minimum atomic E-state index is -4.30. The van der Waals surface area contributed by atoms with Gasteiger partial charge >= 0.3 is 6.18 Å². The molecule has 1 aromatic carbocycles. The molecule has 1 aromatic rings. The van der Waals surface area contributed by atoms with E-state index in [1.54, 1.807) is 0 Å². The summed E-state index contributed by atoms with van der Waals surface area (Å²) in [7, 11) is 0. The first kappa shape index (κ1) is 17.0. The highest BCUT2D eigenvalue weighted by molar-refractivity contribution is 5.27. The summed E-state index contributed by atoms with van der Waals surface area (Å²) in [6.07, 6.45) is -3.44. The molecule has 2 atom stereocenters. The van der Waals surface area contributed by atoms with E-state index in [9.17, 15) is 13.2 Å². The Morgan fingerprint density at radius 2 is 1.75 bits per heavy atom. The van der Waals surface area contributed by atoms with Crippen molar-refractivity contribution in [2.24, 2.45) is 0 Å². The second-order valence-corrected chi connectivity index (χ2v) is 4.71. The molecule has 0 bridgehead atoms. The van der Waals surface area contributed by atoms with Crippen LogP contribution in [0.5, 0.6) is 0 Å². The number of benzene rings is 1. The van der Waals surface area contributed by atoms with Gasteiger partial charge in [0.15, 0.2) is 0 Å². The highest BCUT2D eigenvalue weighted by Crippen LogP contribution is 2.30. The number of alkyl halides is 3.